The molecule has 1 aliphatic carbocycles. The van der Waals surface area contributed by atoms with Gasteiger partial charge in [-0.2, -0.15) is 0 Å². The highest BCUT2D eigenvalue weighted by atomic mass is 16.4. The van der Waals surface area contributed by atoms with Crippen LogP contribution in [0.15, 0.2) is 12.5 Å². The van der Waals surface area contributed by atoms with E-state index in [0.29, 0.717) is 25.2 Å². The summed E-state index contributed by atoms with van der Waals surface area (Å²) in [5, 5.41) is 21.4. The van der Waals surface area contributed by atoms with Gasteiger partial charge in [0.05, 0.1) is 24.5 Å². The number of aryl methyl sites for hydroxylation is 1. The Bertz CT molecular complexity index is 641. The molecule has 0 bridgehead atoms. The van der Waals surface area contributed by atoms with Gasteiger partial charge in [-0.3, -0.25) is 4.79 Å². The summed E-state index contributed by atoms with van der Waals surface area (Å²) in [6, 6.07) is 0. The molecule has 2 aromatic heterocycles. The van der Waals surface area contributed by atoms with Gasteiger partial charge in [-0.15, -0.1) is 5.10 Å². The Morgan fingerprint density at radius 3 is 2.76 bits per heavy atom. The van der Waals surface area contributed by atoms with Crippen LogP contribution < -0.4 is 0 Å². The van der Waals surface area contributed by atoms with Crippen LogP contribution in [0.4, 0.5) is 0 Å². The predicted octanol–water partition coefficient (Wildman–Crippen LogP) is 1.11. The average Bonchev–Trinajstić information content (AvgIpc) is 3.08. The third kappa shape index (κ3) is 2.41. The van der Waals surface area contributed by atoms with Crippen molar-refractivity contribution < 1.29 is 9.90 Å². The second-order valence-corrected chi connectivity index (χ2v) is 5.70. The molecule has 112 valence electrons. The molecule has 8 heteroatoms. The van der Waals surface area contributed by atoms with Crippen LogP contribution in [-0.2, 0) is 18.4 Å². The second kappa shape index (κ2) is 5.27. The zero-order valence-electron chi connectivity index (χ0n) is 11.9. The van der Waals surface area contributed by atoms with Gasteiger partial charge in [-0.25, -0.2) is 9.67 Å². The standard InChI is InChI=1S/C13H18N6O2/c1-18-9-14-7-10(18)11-15-16-17-19(11)8-13(12(20)21)5-3-2-4-6-13/h7,9H,2-6,8H2,1H3,(H,20,21). The van der Waals surface area contributed by atoms with Crippen molar-refractivity contribution >= 4 is 5.97 Å². The van der Waals surface area contributed by atoms with Crippen molar-refractivity contribution in [3.05, 3.63) is 12.5 Å². The normalized spacial score (nSPS) is 17.8. The van der Waals surface area contributed by atoms with Crippen LogP contribution in [0.5, 0.6) is 0 Å². The number of aliphatic carboxylic acids is 1. The van der Waals surface area contributed by atoms with E-state index in [1.807, 2.05) is 11.6 Å². The molecule has 0 spiro atoms. The van der Waals surface area contributed by atoms with E-state index in [1.165, 1.54) is 0 Å². The van der Waals surface area contributed by atoms with Gasteiger partial charge >= 0.3 is 5.97 Å². The van der Waals surface area contributed by atoms with Gasteiger partial charge in [0, 0.05) is 7.05 Å². The van der Waals surface area contributed by atoms with Crippen molar-refractivity contribution in [1.29, 1.82) is 0 Å². The highest BCUT2D eigenvalue weighted by molar-refractivity contribution is 5.74. The number of carbonyl (C=O) groups is 1. The number of carboxylic acid groups (broad SMARTS) is 1. The van der Waals surface area contributed by atoms with Crippen LogP contribution in [-0.4, -0.2) is 40.8 Å². The van der Waals surface area contributed by atoms with E-state index in [9.17, 15) is 9.90 Å². The fourth-order valence-electron chi connectivity index (χ4n) is 3.02. The maximum absolute atomic E-state index is 11.8. The first-order valence-electron chi connectivity index (χ1n) is 7.09. The molecule has 3 rings (SSSR count). The van der Waals surface area contributed by atoms with Crippen LogP contribution >= 0.6 is 0 Å². The van der Waals surface area contributed by atoms with E-state index in [0.717, 1.165) is 25.0 Å². The summed E-state index contributed by atoms with van der Waals surface area (Å²) in [5.74, 6) is -0.199. The van der Waals surface area contributed by atoms with Crippen LogP contribution in [0.2, 0.25) is 0 Å². The summed E-state index contributed by atoms with van der Waals surface area (Å²) in [4.78, 5) is 15.8. The first kappa shape index (κ1) is 13.7. The molecule has 2 aromatic rings. The van der Waals surface area contributed by atoms with E-state index < -0.39 is 11.4 Å². The number of nitrogens with zero attached hydrogens (tertiary/aromatic N) is 6. The molecule has 0 unspecified atom stereocenters. The first-order chi connectivity index (χ1) is 10.1. The molecule has 1 saturated carbocycles. The molecule has 21 heavy (non-hydrogen) atoms. The Balaban J connectivity index is 1.93. The quantitative estimate of drug-likeness (QED) is 0.905. The summed E-state index contributed by atoms with van der Waals surface area (Å²) in [5.41, 5.74) is 0.0115. The third-order valence-electron chi connectivity index (χ3n) is 4.29. The molecule has 0 aromatic carbocycles. The van der Waals surface area contributed by atoms with Gasteiger partial charge in [0.1, 0.15) is 5.69 Å². The molecule has 0 radical (unpaired) electrons. The summed E-state index contributed by atoms with van der Waals surface area (Å²) in [6.07, 6.45) is 7.67. The molecule has 1 aliphatic rings. The van der Waals surface area contributed by atoms with E-state index in [2.05, 4.69) is 20.5 Å². The van der Waals surface area contributed by atoms with Crippen molar-refractivity contribution in [2.24, 2.45) is 12.5 Å². The second-order valence-electron chi connectivity index (χ2n) is 5.70. The lowest BCUT2D eigenvalue weighted by atomic mass is 9.74. The van der Waals surface area contributed by atoms with Crippen LogP contribution in [0.25, 0.3) is 11.5 Å². The molecule has 0 saturated heterocycles. The molecule has 2 heterocycles. The minimum absolute atomic E-state index is 0.301. The number of rotatable bonds is 4. The van der Waals surface area contributed by atoms with Gasteiger partial charge < -0.3 is 9.67 Å². The van der Waals surface area contributed by atoms with Gasteiger partial charge in [0.2, 0.25) is 0 Å². The SMILES string of the molecule is Cn1cncc1-c1nnnn1CC1(C(=O)O)CCCCC1. The predicted molar refractivity (Wildman–Crippen MR) is 73.2 cm³/mol. The molecule has 1 N–H and O–H groups in total. The Hall–Kier alpha value is -2.25. The Kier molecular flexibility index (Phi) is 3.44. The zero-order chi connectivity index (χ0) is 14.9. The molecule has 0 atom stereocenters. The summed E-state index contributed by atoms with van der Waals surface area (Å²) < 4.78 is 3.41. The van der Waals surface area contributed by atoms with Gasteiger partial charge in [-0.1, -0.05) is 19.3 Å². The number of imidazole rings is 1. The average molecular weight is 290 g/mol. The van der Waals surface area contributed by atoms with Gasteiger partial charge in [-0.05, 0) is 23.3 Å². The van der Waals surface area contributed by atoms with E-state index >= 15 is 0 Å². The van der Waals surface area contributed by atoms with Crippen LogP contribution in [0.3, 0.4) is 0 Å². The van der Waals surface area contributed by atoms with Crippen molar-refractivity contribution in [3.63, 3.8) is 0 Å². The maximum Gasteiger partial charge on any atom is 0.311 e. The Labute approximate surface area is 121 Å². The number of aromatic nitrogens is 6. The number of hydrogen-bond donors (Lipinski definition) is 1. The number of tetrazole rings is 1. The fourth-order valence-corrected chi connectivity index (χ4v) is 3.02. The van der Waals surface area contributed by atoms with Crippen molar-refractivity contribution in [3.8, 4) is 11.5 Å². The minimum atomic E-state index is -0.763. The molecular formula is C13H18N6O2. The zero-order valence-corrected chi connectivity index (χ0v) is 11.9. The highest BCUT2D eigenvalue weighted by Crippen LogP contribution is 2.38. The monoisotopic (exact) mass is 290 g/mol. The summed E-state index contributed by atoms with van der Waals surface area (Å²) >= 11 is 0. The van der Waals surface area contributed by atoms with E-state index in [1.54, 1.807) is 17.2 Å². The van der Waals surface area contributed by atoms with Crippen molar-refractivity contribution in [2.75, 3.05) is 0 Å². The van der Waals surface area contributed by atoms with E-state index in [-0.39, 0.29) is 0 Å². The van der Waals surface area contributed by atoms with Gasteiger partial charge in [0.15, 0.2) is 5.82 Å². The Morgan fingerprint density at radius 1 is 1.38 bits per heavy atom. The third-order valence-corrected chi connectivity index (χ3v) is 4.29. The van der Waals surface area contributed by atoms with Crippen molar-refractivity contribution in [1.82, 2.24) is 29.8 Å². The largest absolute Gasteiger partial charge is 0.481 e. The molecule has 1 fully saturated rings. The Morgan fingerprint density at radius 2 is 2.14 bits per heavy atom. The molecular weight excluding hydrogens is 272 g/mol. The topological polar surface area (TPSA) is 98.7 Å². The molecule has 0 amide bonds. The fraction of sp³-hybridized carbons (Fsp3) is 0.615. The van der Waals surface area contributed by atoms with Crippen LogP contribution in [0.1, 0.15) is 32.1 Å². The smallest absolute Gasteiger partial charge is 0.311 e. The first-order valence-corrected chi connectivity index (χ1v) is 7.09. The number of hydrogen-bond acceptors (Lipinski definition) is 5. The lowest BCUT2D eigenvalue weighted by molar-refractivity contribution is -0.152. The summed E-state index contributed by atoms with van der Waals surface area (Å²) in [6.45, 7) is 0.301. The van der Waals surface area contributed by atoms with E-state index in [4.69, 9.17) is 0 Å². The van der Waals surface area contributed by atoms with Crippen molar-refractivity contribution in [2.45, 2.75) is 38.6 Å². The minimum Gasteiger partial charge on any atom is -0.481 e. The summed E-state index contributed by atoms with van der Waals surface area (Å²) in [7, 11) is 1.86. The molecule has 0 aliphatic heterocycles. The van der Waals surface area contributed by atoms with Crippen LogP contribution in [0, 0.1) is 5.41 Å². The molecule has 8 nitrogen and oxygen atoms in total. The lowest BCUT2D eigenvalue weighted by Crippen LogP contribution is -2.38. The highest BCUT2D eigenvalue weighted by Gasteiger charge is 2.41. The van der Waals surface area contributed by atoms with Gasteiger partial charge in [0.25, 0.3) is 0 Å². The number of carboxylic acids is 1. The lowest BCUT2D eigenvalue weighted by Gasteiger charge is -2.32. The maximum atomic E-state index is 11.8.